The van der Waals surface area contributed by atoms with E-state index in [0.29, 0.717) is 36.1 Å². The van der Waals surface area contributed by atoms with Gasteiger partial charge in [-0.05, 0) is 67.4 Å². The Morgan fingerprint density at radius 3 is 2.77 bits per heavy atom. The summed E-state index contributed by atoms with van der Waals surface area (Å²) in [5.74, 6) is 0.0338. The molecule has 1 fully saturated rings. The average molecular weight is 447 g/mol. The third-order valence-corrected chi connectivity index (χ3v) is 7.30. The van der Waals surface area contributed by atoms with E-state index < -0.39 is 0 Å². The molecule has 160 valence electrons. The summed E-state index contributed by atoms with van der Waals surface area (Å²) in [6.45, 7) is 6.10. The summed E-state index contributed by atoms with van der Waals surface area (Å²) in [6, 6.07) is 1.76. The first-order valence-corrected chi connectivity index (χ1v) is 11.8. The SMILES string of the molecule is Cc1ncc2c(c1CNC(=O)CN1CCCCC1)CCN(C(=O)c1sccc1Cl)C2. The fourth-order valence-corrected chi connectivity index (χ4v) is 5.39. The van der Waals surface area contributed by atoms with Gasteiger partial charge in [0.25, 0.3) is 5.91 Å². The molecule has 0 atom stereocenters. The lowest BCUT2D eigenvalue weighted by atomic mass is 9.94. The molecule has 0 bridgehead atoms. The molecule has 2 aliphatic rings. The number of nitrogens with one attached hydrogen (secondary N) is 1. The van der Waals surface area contributed by atoms with E-state index in [-0.39, 0.29) is 11.8 Å². The minimum absolute atomic E-state index is 0.0300. The fourth-order valence-electron chi connectivity index (χ4n) is 4.28. The topological polar surface area (TPSA) is 65.5 Å². The highest BCUT2D eigenvalue weighted by atomic mass is 35.5. The fraction of sp³-hybridized carbons (Fsp3) is 0.500. The number of nitrogens with zero attached hydrogens (tertiary/aromatic N) is 3. The number of fused-ring (bicyclic) bond motifs is 1. The Kier molecular flexibility index (Phi) is 6.71. The first-order valence-electron chi connectivity index (χ1n) is 10.5. The van der Waals surface area contributed by atoms with Gasteiger partial charge in [-0.2, -0.15) is 0 Å². The standard InChI is InChI=1S/C22H27ClN4O2S/c1-15-18(12-25-20(28)14-26-7-3-2-4-8-26)17-5-9-27(13-16(17)11-24-15)22(29)21-19(23)6-10-30-21/h6,10-11H,2-5,7-9,12-14H2,1H3,(H,25,28). The van der Waals surface area contributed by atoms with Crippen molar-refractivity contribution in [1.29, 1.82) is 0 Å². The Morgan fingerprint density at radius 2 is 2.03 bits per heavy atom. The van der Waals surface area contributed by atoms with Crippen LogP contribution in [0.25, 0.3) is 0 Å². The van der Waals surface area contributed by atoms with Crippen molar-refractivity contribution in [1.82, 2.24) is 20.1 Å². The second kappa shape index (κ2) is 9.45. The van der Waals surface area contributed by atoms with Crippen molar-refractivity contribution < 1.29 is 9.59 Å². The summed E-state index contributed by atoms with van der Waals surface area (Å²) in [5, 5.41) is 5.43. The Bertz CT molecular complexity index is 939. The lowest BCUT2D eigenvalue weighted by molar-refractivity contribution is -0.122. The number of likely N-dealkylation sites (tertiary alicyclic amines) is 1. The zero-order chi connectivity index (χ0) is 21.1. The molecule has 0 aliphatic carbocycles. The smallest absolute Gasteiger partial charge is 0.265 e. The van der Waals surface area contributed by atoms with Gasteiger partial charge in [0, 0.05) is 31.5 Å². The van der Waals surface area contributed by atoms with E-state index in [4.69, 9.17) is 11.6 Å². The molecule has 2 aliphatic heterocycles. The minimum atomic E-state index is -0.0300. The minimum Gasteiger partial charge on any atom is -0.351 e. The summed E-state index contributed by atoms with van der Waals surface area (Å²) in [4.78, 5) is 34.4. The highest BCUT2D eigenvalue weighted by Crippen LogP contribution is 2.28. The van der Waals surface area contributed by atoms with E-state index in [2.05, 4.69) is 15.2 Å². The van der Waals surface area contributed by atoms with Crippen molar-refractivity contribution in [2.45, 2.75) is 45.7 Å². The van der Waals surface area contributed by atoms with Crippen LogP contribution < -0.4 is 5.32 Å². The number of pyridine rings is 1. The first kappa shape index (κ1) is 21.3. The van der Waals surface area contributed by atoms with E-state index in [9.17, 15) is 9.59 Å². The number of hydrogen-bond acceptors (Lipinski definition) is 5. The number of aryl methyl sites for hydroxylation is 1. The van der Waals surface area contributed by atoms with Crippen LogP contribution in [0.1, 0.15) is 51.3 Å². The van der Waals surface area contributed by atoms with Crippen LogP contribution in [0.4, 0.5) is 0 Å². The number of piperidine rings is 1. The van der Waals surface area contributed by atoms with Gasteiger partial charge in [0.15, 0.2) is 0 Å². The molecule has 1 N–H and O–H groups in total. The van der Waals surface area contributed by atoms with Crippen LogP contribution in [0, 0.1) is 6.92 Å². The normalized spacial score (nSPS) is 16.9. The van der Waals surface area contributed by atoms with E-state index in [1.165, 1.54) is 36.2 Å². The van der Waals surface area contributed by atoms with Crippen LogP contribution in [0.5, 0.6) is 0 Å². The number of thiophene rings is 1. The number of aromatic nitrogens is 1. The first-order chi connectivity index (χ1) is 14.5. The van der Waals surface area contributed by atoms with Crippen molar-refractivity contribution in [3.05, 3.63) is 49.9 Å². The summed E-state index contributed by atoms with van der Waals surface area (Å²) in [7, 11) is 0. The van der Waals surface area contributed by atoms with Crippen molar-refractivity contribution in [2.75, 3.05) is 26.2 Å². The summed E-state index contributed by atoms with van der Waals surface area (Å²) in [5.41, 5.74) is 4.28. The van der Waals surface area contributed by atoms with Gasteiger partial charge < -0.3 is 10.2 Å². The molecular formula is C22H27ClN4O2S. The van der Waals surface area contributed by atoms with Crippen LogP contribution in [0.15, 0.2) is 17.6 Å². The number of rotatable bonds is 5. The summed E-state index contributed by atoms with van der Waals surface area (Å²) < 4.78 is 0. The van der Waals surface area contributed by atoms with Crippen LogP contribution in [0.2, 0.25) is 5.02 Å². The molecule has 2 aromatic rings. The average Bonchev–Trinajstić information content (AvgIpc) is 3.18. The molecule has 0 unspecified atom stereocenters. The Morgan fingerprint density at radius 1 is 1.23 bits per heavy atom. The molecule has 0 aromatic carbocycles. The number of carbonyl (C=O) groups excluding carboxylic acids is 2. The van der Waals surface area contributed by atoms with Crippen LogP contribution in [-0.2, 0) is 24.3 Å². The molecule has 0 saturated carbocycles. The van der Waals surface area contributed by atoms with Gasteiger partial charge in [-0.3, -0.25) is 19.5 Å². The molecule has 30 heavy (non-hydrogen) atoms. The van der Waals surface area contributed by atoms with Gasteiger partial charge in [-0.1, -0.05) is 18.0 Å². The predicted octanol–water partition coefficient (Wildman–Crippen LogP) is 3.41. The molecule has 2 amide bonds. The van der Waals surface area contributed by atoms with Gasteiger partial charge in [-0.15, -0.1) is 11.3 Å². The van der Waals surface area contributed by atoms with E-state index >= 15 is 0 Å². The molecular weight excluding hydrogens is 420 g/mol. The van der Waals surface area contributed by atoms with E-state index in [0.717, 1.165) is 36.3 Å². The lowest BCUT2D eigenvalue weighted by Crippen LogP contribution is -2.40. The highest BCUT2D eigenvalue weighted by molar-refractivity contribution is 7.12. The van der Waals surface area contributed by atoms with Gasteiger partial charge in [0.05, 0.1) is 11.6 Å². The van der Waals surface area contributed by atoms with E-state index in [1.54, 1.807) is 6.07 Å². The second-order valence-electron chi connectivity index (χ2n) is 8.01. The quantitative estimate of drug-likeness (QED) is 0.764. The molecule has 4 heterocycles. The number of carbonyl (C=O) groups is 2. The molecule has 4 rings (SSSR count). The van der Waals surface area contributed by atoms with Crippen LogP contribution >= 0.6 is 22.9 Å². The van der Waals surface area contributed by atoms with Crippen LogP contribution in [-0.4, -0.2) is 52.8 Å². The maximum atomic E-state index is 12.8. The molecule has 1 saturated heterocycles. The Labute approximate surface area is 186 Å². The Hall–Kier alpha value is -1.96. The summed E-state index contributed by atoms with van der Waals surface area (Å²) >= 11 is 7.52. The number of halogens is 1. The van der Waals surface area contributed by atoms with Gasteiger partial charge >= 0.3 is 0 Å². The zero-order valence-electron chi connectivity index (χ0n) is 17.2. The van der Waals surface area contributed by atoms with Gasteiger partial charge in [0.1, 0.15) is 4.88 Å². The Balaban J connectivity index is 1.42. The third-order valence-electron chi connectivity index (χ3n) is 5.97. The van der Waals surface area contributed by atoms with Crippen molar-refractivity contribution >= 4 is 34.8 Å². The van der Waals surface area contributed by atoms with E-state index in [1.807, 2.05) is 23.4 Å². The predicted molar refractivity (Wildman–Crippen MR) is 119 cm³/mol. The van der Waals surface area contributed by atoms with Gasteiger partial charge in [0.2, 0.25) is 5.91 Å². The molecule has 0 spiro atoms. The second-order valence-corrected chi connectivity index (χ2v) is 9.34. The lowest BCUT2D eigenvalue weighted by Gasteiger charge is -2.30. The highest BCUT2D eigenvalue weighted by Gasteiger charge is 2.26. The molecule has 2 aromatic heterocycles. The number of hydrogen-bond donors (Lipinski definition) is 1. The molecule has 8 heteroatoms. The maximum Gasteiger partial charge on any atom is 0.265 e. The zero-order valence-corrected chi connectivity index (χ0v) is 18.8. The van der Waals surface area contributed by atoms with Crippen molar-refractivity contribution in [3.8, 4) is 0 Å². The number of amides is 2. The monoisotopic (exact) mass is 446 g/mol. The molecule has 0 radical (unpaired) electrons. The largest absolute Gasteiger partial charge is 0.351 e. The maximum absolute atomic E-state index is 12.8. The molecule has 6 nitrogen and oxygen atoms in total. The van der Waals surface area contributed by atoms with Crippen LogP contribution in [0.3, 0.4) is 0 Å². The van der Waals surface area contributed by atoms with Crippen molar-refractivity contribution in [3.63, 3.8) is 0 Å². The third kappa shape index (κ3) is 4.68. The van der Waals surface area contributed by atoms with Gasteiger partial charge in [-0.25, -0.2) is 0 Å². The summed E-state index contributed by atoms with van der Waals surface area (Å²) in [6.07, 6.45) is 6.23. The van der Waals surface area contributed by atoms with Crippen molar-refractivity contribution in [2.24, 2.45) is 0 Å².